The number of esters is 1. The minimum absolute atomic E-state index is 0.0341. The third-order valence-electron chi connectivity index (χ3n) is 6.23. The van der Waals surface area contributed by atoms with E-state index >= 15 is 0 Å². The van der Waals surface area contributed by atoms with Crippen LogP contribution in [0.3, 0.4) is 0 Å². The fourth-order valence-corrected chi connectivity index (χ4v) is 6.02. The molecule has 2 aliphatic rings. The number of sulfone groups is 1. The molecule has 0 bridgehead atoms. The summed E-state index contributed by atoms with van der Waals surface area (Å²) < 4.78 is 49.8. The van der Waals surface area contributed by atoms with Crippen LogP contribution in [0.15, 0.2) is 30.3 Å². The van der Waals surface area contributed by atoms with Crippen molar-refractivity contribution in [3.63, 3.8) is 0 Å². The Bertz CT molecular complexity index is 1330. The molecule has 0 spiro atoms. The molecule has 34 heavy (non-hydrogen) atoms. The lowest BCUT2D eigenvalue weighted by molar-refractivity contribution is 0.0488. The first-order chi connectivity index (χ1) is 16.3. The first-order valence-electron chi connectivity index (χ1n) is 11.5. The highest BCUT2D eigenvalue weighted by Crippen LogP contribution is 2.41. The van der Waals surface area contributed by atoms with Gasteiger partial charge in [-0.1, -0.05) is 0 Å². The SMILES string of the molecule is Cc1nn(C2CCS(=O)(=O)C2)c2nc(C3CC3)cc(C(=O)OCCCOc3ccc(F)cc3)c12. The second-order valence-electron chi connectivity index (χ2n) is 8.95. The van der Waals surface area contributed by atoms with Crippen molar-refractivity contribution < 1.29 is 27.1 Å². The fourth-order valence-electron chi connectivity index (χ4n) is 4.33. The van der Waals surface area contributed by atoms with Crippen LogP contribution >= 0.6 is 0 Å². The van der Waals surface area contributed by atoms with E-state index in [0.29, 0.717) is 53.4 Å². The molecular formula is C24H26FN3O5S. The molecule has 3 heterocycles. The molecule has 0 radical (unpaired) electrons. The number of carbonyl (C=O) groups excluding carboxylic acids is 1. The van der Waals surface area contributed by atoms with Crippen molar-refractivity contribution in [2.75, 3.05) is 24.7 Å². The molecule has 3 aromatic rings. The van der Waals surface area contributed by atoms with E-state index in [1.807, 2.05) is 0 Å². The number of halogens is 1. The van der Waals surface area contributed by atoms with Crippen LogP contribution in [0.1, 0.15) is 59.4 Å². The predicted molar refractivity (Wildman–Crippen MR) is 123 cm³/mol. The van der Waals surface area contributed by atoms with E-state index in [-0.39, 0.29) is 30.0 Å². The van der Waals surface area contributed by atoms with Gasteiger partial charge in [0.15, 0.2) is 15.5 Å². The Balaban J connectivity index is 1.32. The van der Waals surface area contributed by atoms with Gasteiger partial charge in [0.05, 0.1) is 47.4 Å². The summed E-state index contributed by atoms with van der Waals surface area (Å²) in [6, 6.07) is 7.25. The molecule has 1 saturated carbocycles. The molecule has 1 aromatic carbocycles. The first kappa shape index (κ1) is 22.8. The molecule has 1 atom stereocenters. The maximum atomic E-state index is 13.0. The first-order valence-corrected chi connectivity index (χ1v) is 13.3. The smallest absolute Gasteiger partial charge is 0.339 e. The maximum Gasteiger partial charge on any atom is 0.339 e. The summed E-state index contributed by atoms with van der Waals surface area (Å²) in [4.78, 5) is 17.8. The zero-order valence-electron chi connectivity index (χ0n) is 18.9. The second-order valence-corrected chi connectivity index (χ2v) is 11.2. The summed E-state index contributed by atoms with van der Waals surface area (Å²) in [5.41, 5.74) is 2.41. The van der Waals surface area contributed by atoms with Crippen molar-refractivity contribution in [3.05, 3.63) is 53.1 Å². The van der Waals surface area contributed by atoms with Gasteiger partial charge in [-0.15, -0.1) is 0 Å². The number of aryl methyl sites for hydroxylation is 1. The molecule has 2 aromatic heterocycles. The van der Waals surface area contributed by atoms with Crippen molar-refractivity contribution in [1.29, 1.82) is 0 Å². The third-order valence-corrected chi connectivity index (χ3v) is 7.98. The third kappa shape index (κ3) is 4.77. The zero-order chi connectivity index (χ0) is 23.9. The van der Waals surface area contributed by atoms with Crippen LogP contribution in [0.5, 0.6) is 5.75 Å². The number of carbonyl (C=O) groups is 1. The molecule has 1 aliphatic carbocycles. The maximum absolute atomic E-state index is 13.0. The summed E-state index contributed by atoms with van der Waals surface area (Å²) in [5, 5.41) is 5.20. The molecule has 5 rings (SSSR count). The van der Waals surface area contributed by atoms with Crippen molar-refractivity contribution >= 4 is 26.8 Å². The summed E-state index contributed by atoms with van der Waals surface area (Å²) >= 11 is 0. The highest BCUT2D eigenvalue weighted by atomic mass is 32.2. The van der Waals surface area contributed by atoms with Gasteiger partial charge < -0.3 is 9.47 Å². The standard InChI is InChI=1S/C24H26FN3O5S/c1-15-22-20(24(29)33-11-2-10-32-19-7-5-17(25)6-8-19)13-21(16-3-4-16)26-23(22)28(27-15)18-9-12-34(30,31)14-18/h5-8,13,16,18H,2-4,9-12,14H2,1H3. The number of hydrogen-bond donors (Lipinski definition) is 0. The van der Waals surface area contributed by atoms with Gasteiger partial charge in [0.1, 0.15) is 11.6 Å². The molecule has 1 saturated heterocycles. The number of ether oxygens (including phenoxy) is 2. The quantitative estimate of drug-likeness (QED) is 0.352. The predicted octanol–water partition coefficient (Wildman–Crippen LogP) is 3.74. The molecule has 180 valence electrons. The average Bonchev–Trinajstić information content (AvgIpc) is 3.52. The highest BCUT2D eigenvalue weighted by Gasteiger charge is 2.34. The number of fused-ring (bicyclic) bond motifs is 1. The number of rotatable bonds is 8. The van der Waals surface area contributed by atoms with E-state index in [4.69, 9.17) is 14.5 Å². The summed E-state index contributed by atoms with van der Waals surface area (Å²) in [5.74, 6) is 0.230. The fraction of sp³-hybridized carbons (Fsp3) is 0.458. The van der Waals surface area contributed by atoms with Crippen molar-refractivity contribution in [2.24, 2.45) is 0 Å². The summed E-state index contributed by atoms with van der Waals surface area (Å²) in [6.07, 6.45) is 2.99. The van der Waals surface area contributed by atoms with Gasteiger partial charge in [0.25, 0.3) is 0 Å². The molecule has 10 heteroatoms. The van der Waals surface area contributed by atoms with Crippen LogP contribution in [0.4, 0.5) is 4.39 Å². The Morgan fingerprint density at radius 1 is 1.18 bits per heavy atom. The van der Waals surface area contributed by atoms with E-state index in [1.54, 1.807) is 29.8 Å². The number of aromatic nitrogens is 3. The van der Waals surface area contributed by atoms with Gasteiger partial charge in [-0.25, -0.2) is 27.3 Å². The van der Waals surface area contributed by atoms with Gasteiger partial charge in [-0.2, -0.15) is 5.10 Å². The Morgan fingerprint density at radius 2 is 1.94 bits per heavy atom. The summed E-state index contributed by atoms with van der Waals surface area (Å²) in [6.45, 7) is 2.29. The van der Waals surface area contributed by atoms with E-state index < -0.39 is 15.8 Å². The van der Waals surface area contributed by atoms with Crippen LogP contribution in [0.25, 0.3) is 11.0 Å². The van der Waals surface area contributed by atoms with E-state index in [0.717, 1.165) is 18.5 Å². The Kier molecular flexibility index (Phi) is 6.01. The lowest BCUT2D eigenvalue weighted by Gasteiger charge is -2.12. The van der Waals surface area contributed by atoms with Gasteiger partial charge in [0.2, 0.25) is 0 Å². The van der Waals surface area contributed by atoms with Gasteiger partial charge in [-0.05, 0) is 56.5 Å². The van der Waals surface area contributed by atoms with Crippen molar-refractivity contribution in [2.45, 2.75) is 44.6 Å². The molecular weight excluding hydrogens is 461 g/mol. The normalized spacial score (nSPS) is 19.4. The average molecular weight is 488 g/mol. The second kappa shape index (κ2) is 8.98. The van der Waals surface area contributed by atoms with E-state index in [9.17, 15) is 17.6 Å². The Morgan fingerprint density at radius 3 is 2.62 bits per heavy atom. The number of benzene rings is 1. The van der Waals surface area contributed by atoms with Crippen LogP contribution in [-0.4, -0.2) is 53.9 Å². The van der Waals surface area contributed by atoms with Crippen LogP contribution in [-0.2, 0) is 14.6 Å². The Labute approximate surface area is 197 Å². The molecule has 8 nitrogen and oxygen atoms in total. The lowest BCUT2D eigenvalue weighted by atomic mass is 10.1. The zero-order valence-corrected chi connectivity index (χ0v) is 19.7. The molecule has 1 aliphatic heterocycles. The van der Waals surface area contributed by atoms with E-state index in [2.05, 4.69) is 5.10 Å². The number of pyridine rings is 1. The molecule has 2 fully saturated rings. The van der Waals surface area contributed by atoms with Crippen LogP contribution < -0.4 is 4.74 Å². The lowest BCUT2D eigenvalue weighted by Crippen LogP contribution is -2.14. The monoisotopic (exact) mass is 487 g/mol. The Hall–Kier alpha value is -3.01. The highest BCUT2D eigenvalue weighted by molar-refractivity contribution is 7.91. The van der Waals surface area contributed by atoms with Crippen molar-refractivity contribution in [3.8, 4) is 5.75 Å². The van der Waals surface area contributed by atoms with Gasteiger partial charge in [-0.3, -0.25) is 0 Å². The van der Waals surface area contributed by atoms with Crippen molar-refractivity contribution in [1.82, 2.24) is 14.8 Å². The van der Waals surface area contributed by atoms with Gasteiger partial charge in [0, 0.05) is 18.0 Å². The topological polar surface area (TPSA) is 100 Å². The largest absolute Gasteiger partial charge is 0.493 e. The molecule has 0 amide bonds. The minimum atomic E-state index is -3.09. The number of hydrogen-bond acceptors (Lipinski definition) is 7. The van der Waals surface area contributed by atoms with Gasteiger partial charge >= 0.3 is 5.97 Å². The van der Waals surface area contributed by atoms with Crippen LogP contribution in [0, 0.1) is 12.7 Å². The minimum Gasteiger partial charge on any atom is -0.493 e. The van der Waals surface area contributed by atoms with E-state index in [1.165, 1.54) is 12.1 Å². The summed E-state index contributed by atoms with van der Waals surface area (Å²) in [7, 11) is -3.09. The van der Waals surface area contributed by atoms with Crippen LogP contribution in [0.2, 0.25) is 0 Å². The number of nitrogens with zero attached hydrogens (tertiary/aromatic N) is 3. The molecule has 0 N–H and O–H groups in total. The molecule has 1 unspecified atom stereocenters.